The van der Waals surface area contributed by atoms with E-state index in [1.807, 2.05) is 0 Å². The number of hydrogen-bond donors (Lipinski definition) is 1. The zero-order valence-corrected chi connectivity index (χ0v) is 22.8. The SMILES string of the molecule is CN(C(=O)c1ccc(C#N)cc1F)c1cccc(C(=O)Nc2c(Br)cc(C(F)(C(F)(F)F)C(F)(F)F)cc2C(F)(F)F)c1F. The van der Waals surface area contributed by atoms with Crippen molar-refractivity contribution < 1.29 is 62.3 Å². The molecular weight excluding hydrogens is 694 g/mol. The number of alkyl halides is 10. The maximum Gasteiger partial charge on any atom is 0.435 e. The predicted octanol–water partition coefficient (Wildman–Crippen LogP) is 8.44. The van der Waals surface area contributed by atoms with Gasteiger partial charge in [0.05, 0.1) is 39.7 Å². The number of benzene rings is 3. The Labute approximate surface area is 246 Å². The highest BCUT2D eigenvalue weighted by Gasteiger charge is 2.73. The van der Waals surface area contributed by atoms with Gasteiger partial charge in [0.25, 0.3) is 11.8 Å². The van der Waals surface area contributed by atoms with Crippen molar-refractivity contribution in [3.63, 3.8) is 0 Å². The zero-order valence-electron chi connectivity index (χ0n) is 21.2. The first kappa shape index (κ1) is 34.2. The molecule has 234 valence electrons. The number of anilines is 2. The second-order valence-electron chi connectivity index (χ2n) is 8.80. The summed E-state index contributed by atoms with van der Waals surface area (Å²) in [5.74, 6) is -5.65. The molecule has 3 aromatic rings. The van der Waals surface area contributed by atoms with Crippen LogP contribution in [0.2, 0.25) is 0 Å². The number of nitrogens with zero attached hydrogens (tertiary/aromatic N) is 2. The molecule has 0 saturated heterocycles. The molecule has 0 heterocycles. The largest absolute Gasteiger partial charge is 0.435 e. The van der Waals surface area contributed by atoms with Gasteiger partial charge in [0.1, 0.15) is 5.82 Å². The van der Waals surface area contributed by atoms with Crippen LogP contribution >= 0.6 is 15.9 Å². The number of rotatable bonds is 5. The molecular formula is C26H12BrF12N3O2. The highest BCUT2D eigenvalue weighted by molar-refractivity contribution is 9.10. The number of nitrogens with one attached hydrogen (secondary N) is 1. The summed E-state index contributed by atoms with van der Waals surface area (Å²) in [6.45, 7) is 0. The quantitative estimate of drug-likeness (QED) is 0.271. The van der Waals surface area contributed by atoms with Gasteiger partial charge in [-0.3, -0.25) is 9.59 Å². The number of carbonyl (C=O) groups is 2. The van der Waals surface area contributed by atoms with E-state index in [2.05, 4.69) is 15.9 Å². The molecule has 0 spiro atoms. The molecule has 0 aromatic heterocycles. The molecule has 0 aliphatic heterocycles. The van der Waals surface area contributed by atoms with Gasteiger partial charge in [0.15, 0.2) is 5.82 Å². The first-order valence-electron chi connectivity index (χ1n) is 11.4. The van der Waals surface area contributed by atoms with Crippen molar-refractivity contribution in [3.05, 3.63) is 92.5 Å². The number of hydrogen-bond acceptors (Lipinski definition) is 3. The van der Waals surface area contributed by atoms with E-state index >= 15 is 4.39 Å². The molecule has 3 aromatic carbocycles. The van der Waals surface area contributed by atoms with Crippen molar-refractivity contribution >= 4 is 39.1 Å². The molecule has 0 fully saturated rings. The van der Waals surface area contributed by atoms with Crippen molar-refractivity contribution in [2.75, 3.05) is 17.3 Å². The summed E-state index contributed by atoms with van der Waals surface area (Å²) in [5.41, 5.74) is -15.2. The van der Waals surface area contributed by atoms with Crippen molar-refractivity contribution in [2.45, 2.75) is 24.2 Å². The van der Waals surface area contributed by atoms with Gasteiger partial charge in [-0.25, -0.2) is 13.2 Å². The molecule has 2 amide bonds. The Morgan fingerprint density at radius 2 is 1.45 bits per heavy atom. The Morgan fingerprint density at radius 3 is 1.95 bits per heavy atom. The van der Waals surface area contributed by atoms with E-state index < -0.39 is 91.8 Å². The first-order chi connectivity index (χ1) is 20.1. The monoisotopic (exact) mass is 705 g/mol. The van der Waals surface area contributed by atoms with Gasteiger partial charge in [0.2, 0.25) is 0 Å². The molecule has 1 N–H and O–H groups in total. The standard InChI is InChI=1S/C26H12BrF12N3O2/c1-42(22(44)13-6-5-11(10-40)7-17(13)28)18-4-2-3-14(19(18)29)21(43)41-20-15(24(31,32)33)8-12(9-16(20)27)23(30,25(34,35)36)26(37,38)39/h2-9H,1H3,(H,41,43). The Bertz CT molecular complexity index is 1660. The van der Waals surface area contributed by atoms with Crippen molar-refractivity contribution in [1.29, 1.82) is 5.26 Å². The van der Waals surface area contributed by atoms with Gasteiger partial charge in [-0.1, -0.05) is 6.07 Å². The van der Waals surface area contributed by atoms with Crippen LogP contribution in [0.1, 0.15) is 37.4 Å². The molecule has 3 rings (SSSR count). The third-order valence-electron chi connectivity index (χ3n) is 6.03. The Balaban J connectivity index is 2.08. The molecule has 0 unspecified atom stereocenters. The molecule has 0 radical (unpaired) electrons. The van der Waals surface area contributed by atoms with E-state index in [1.54, 1.807) is 6.07 Å². The van der Waals surface area contributed by atoms with Crippen LogP contribution in [0.15, 0.2) is 53.0 Å². The summed E-state index contributed by atoms with van der Waals surface area (Å²) in [6, 6.07) is 5.78. The lowest BCUT2D eigenvalue weighted by Crippen LogP contribution is -2.50. The summed E-state index contributed by atoms with van der Waals surface area (Å²) in [7, 11) is 0.932. The molecule has 18 heteroatoms. The van der Waals surface area contributed by atoms with Gasteiger partial charge in [-0.2, -0.15) is 44.8 Å². The molecule has 0 aliphatic carbocycles. The van der Waals surface area contributed by atoms with Crippen LogP contribution < -0.4 is 10.2 Å². The fraction of sp³-hybridized carbons (Fsp3) is 0.192. The number of nitriles is 1. The number of halogens is 13. The maximum atomic E-state index is 15.4. The topological polar surface area (TPSA) is 73.2 Å². The normalized spacial score (nSPS) is 12.5. The maximum absolute atomic E-state index is 15.4. The van der Waals surface area contributed by atoms with Crippen LogP contribution in [0.4, 0.5) is 64.1 Å². The molecule has 0 saturated carbocycles. The average molecular weight is 706 g/mol. The molecule has 0 bridgehead atoms. The highest BCUT2D eigenvalue weighted by Crippen LogP contribution is 2.55. The minimum Gasteiger partial charge on any atom is -0.320 e. The van der Waals surface area contributed by atoms with Crippen LogP contribution in [-0.2, 0) is 11.8 Å². The van der Waals surface area contributed by atoms with Crippen molar-refractivity contribution in [2.24, 2.45) is 0 Å². The average Bonchev–Trinajstić information content (AvgIpc) is 2.90. The number of amides is 2. The van der Waals surface area contributed by atoms with E-state index in [-0.39, 0.29) is 11.6 Å². The third kappa shape index (κ3) is 6.18. The van der Waals surface area contributed by atoms with Gasteiger partial charge >= 0.3 is 24.2 Å². The Kier molecular flexibility index (Phi) is 9.08. The molecule has 5 nitrogen and oxygen atoms in total. The fourth-order valence-corrected chi connectivity index (χ4v) is 4.39. The summed E-state index contributed by atoms with van der Waals surface area (Å²) in [6.07, 6.45) is -19.3. The second-order valence-corrected chi connectivity index (χ2v) is 9.65. The van der Waals surface area contributed by atoms with E-state index in [0.29, 0.717) is 17.0 Å². The van der Waals surface area contributed by atoms with Crippen LogP contribution in [0.5, 0.6) is 0 Å². The van der Waals surface area contributed by atoms with E-state index in [4.69, 9.17) is 5.26 Å². The summed E-state index contributed by atoms with van der Waals surface area (Å²) >= 11 is 2.32. The van der Waals surface area contributed by atoms with E-state index in [1.165, 1.54) is 5.32 Å². The highest BCUT2D eigenvalue weighted by atomic mass is 79.9. The summed E-state index contributed by atoms with van der Waals surface area (Å²) < 4.78 is 163. The Hall–Kier alpha value is -4.27. The summed E-state index contributed by atoms with van der Waals surface area (Å²) in [4.78, 5) is 26.1. The third-order valence-corrected chi connectivity index (χ3v) is 6.66. The predicted molar refractivity (Wildman–Crippen MR) is 132 cm³/mol. The molecule has 0 atom stereocenters. The van der Waals surface area contributed by atoms with Crippen molar-refractivity contribution in [1.82, 2.24) is 0 Å². The van der Waals surface area contributed by atoms with Crippen LogP contribution in [0, 0.1) is 23.0 Å². The fourth-order valence-electron chi connectivity index (χ4n) is 3.83. The first-order valence-corrected chi connectivity index (χ1v) is 12.2. The molecule has 0 aliphatic rings. The van der Waals surface area contributed by atoms with Gasteiger partial charge in [0, 0.05) is 17.1 Å². The van der Waals surface area contributed by atoms with Crippen LogP contribution in [0.3, 0.4) is 0 Å². The number of carbonyl (C=O) groups excluding carboxylic acids is 2. The van der Waals surface area contributed by atoms with Gasteiger partial charge in [-0.05, 0) is 58.4 Å². The summed E-state index contributed by atoms with van der Waals surface area (Å²) in [5, 5.41) is 10.3. The Morgan fingerprint density at radius 1 is 0.864 bits per heavy atom. The van der Waals surface area contributed by atoms with Crippen LogP contribution in [-0.4, -0.2) is 31.2 Å². The van der Waals surface area contributed by atoms with Gasteiger partial charge in [-0.15, -0.1) is 0 Å². The van der Waals surface area contributed by atoms with Crippen molar-refractivity contribution in [3.8, 4) is 6.07 Å². The van der Waals surface area contributed by atoms with E-state index in [9.17, 15) is 57.9 Å². The van der Waals surface area contributed by atoms with E-state index in [0.717, 1.165) is 31.3 Å². The minimum absolute atomic E-state index is 0.155. The minimum atomic E-state index is -6.76. The smallest absolute Gasteiger partial charge is 0.320 e. The van der Waals surface area contributed by atoms with Gasteiger partial charge < -0.3 is 10.2 Å². The second kappa shape index (κ2) is 11.7. The molecule has 44 heavy (non-hydrogen) atoms. The zero-order chi connectivity index (χ0) is 33.6. The lowest BCUT2D eigenvalue weighted by atomic mass is 9.92. The van der Waals surface area contributed by atoms with Crippen LogP contribution in [0.25, 0.3) is 0 Å². The lowest BCUT2D eigenvalue weighted by Gasteiger charge is -2.31. The lowest BCUT2D eigenvalue weighted by molar-refractivity contribution is -0.348.